The second kappa shape index (κ2) is 7.95. The van der Waals surface area contributed by atoms with Gasteiger partial charge in [0.15, 0.2) is 0 Å². The number of hydrogen-bond acceptors (Lipinski definition) is 4. The third kappa shape index (κ3) is 3.34. The number of ketones is 1. The maximum absolute atomic E-state index is 13.3. The summed E-state index contributed by atoms with van der Waals surface area (Å²) < 4.78 is 0. The van der Waals surface area contributed by atoms with E-state index in [0.29, 0.717) is 11.1 Å². The van der Waals surface area contributed by atoms with Crippen molar-refractivity contribution < 1.29 is 19.8 Å². The van der Waals surface area contributed by atoms with Crippen molar-refractivity contribution in [2.24, 2.45) is 0 Å². The van der Waals surface area contributed by atoms with Crippen LogP contribution in [0.15, 0.2) is 96.6 Å². The molecule has 1 aliphatic rings. The molecule has 1 amide bonds. The molecule has 0 aromatic heterocycles. The highest BCUT2D eigenvalue weighted by atomic mass is 16.3. The van der Waals surface area contributed by atoms with Gasteiger partial charge in [-0.25, -0.2) is 0 Å². The van der Waals surface area contributed by atoms with Gasteiger partial charge in [-0.3, -0.25) is 14.5 Å². The average Bonchev–Trinajstić information content (AvgIpc) is 3.09. The van der Waals surface area contributed by atoms with E-state index in [9.17, 15) is 19.8 Å². The van der Waals surface area contributed by atoms with Gasteiger partial charge in [0.2, 0.25) is 0 Å². The molecule has 33 heavy (non-hydrogen) atoms. The first-order valence-corrected chi connectivity index (χ1v) is 10.6. The molecule has 0 radical (unpaired) electrons. The number of amides is 1. The van der Waals surface area contributed by atoms with Gasteiger partial charge in [0.1, 0.15) is 11.5 Å². The average molecular weight is 435 g/mol. The normalized spacial score (nSPS) is 17.6. The SMILES string of the molecule is Cc1ccccc1C1/C(=C(\O)c2ccc3ccccc3c2)C(=O)C(=O)N1c1ccccc1O. The van der Waals surface area contributed by atoms with Crippen molar-refractivity contribution in [2.75, 3.05) is 4.90 Å². The third-order valence-corrected chi connectivity index (χ3v) is 6.09. The lowest BCUT2D eigenvalue weighted by atomic mass is 9.92. The number of fused-ring (bicyclic) bond motifs is 1. The van der Waals surface area contributed by atoms with Crippen LogP contribution in [0.3, 0.4) is 0 Å². The minimum absolute atomic E-state index is 0.00664. The number of hydrogen-bond donors (Lipinski definition) is 2. The maximum atomic E-state index is 13.3. The van der Waals surface area contributed by atoms with Crippen LogP contribution in [0.4, 0.5) is 5.69 Å². The largest absolute Gasteiger partial charge is 0.507 e. The van der Waals surface area contributed by atoms with E-state index in [2.05, 4.69) is 0 Å². The van der Waals surface area contributed by atoms with Gasteiger partial charge < -0.3 is 10.2 Å². The molecule has 162 valence electrons. The first-order chi connectivity index (χ1) is 16.0. The summed E-state index contributed by atoms with van der Waals surface area (Å²) >= 11 is 0. The fourth-order valence-electron chi connectivity index (χ4n) is 4.43. The van der Waals surface area contributed by atoms with Crippen molar-refractivity contribution in [3.05, 3.63) is 113 Å². The minimum atomic E-state index is -0.883. The van der Waals surface area contributed by atoms with Gasteiger partial charge in [-0.05, 0) is 47.0 Å². The van der Waals surface area contributed by atoms with E-state index in [0.717, 1.165) is 16.3 Å². The van der Waals surface area contributed by atoms with E-state index < -0.39 is 17.7 Å². The van der Waals surface area contributed by atoms with E-state index in [1.165, 1.54) is 11.0 Å². The quantitative estimate of drug-likeness (QED) is 0.254. The van der Waals surface area contributed by atoms with E-state index in [4.69, 9.17) is 0 Å². The monoisotopic (exact) mass is 435 g/mol. The number of aliphatic hydroxyl groups is 1. The molecule has 0 bridgehead atoms. The summed E-state index contributed by atoms with van der Waals surface area (Å²) in [5.74, 6) is -1.96. The number of benzene rings is 4. The van der Waals surface area contributed by atoms with Crippen LogP contribution in [0.1, 0.15) is 22.7 Å². The number of anilines is 1. The number of carbonyl (C=O) groups excluding carboxylic acids is 2. The van der Waals surface area contributed by atoms with Crippen LogP contribution in [0.25, 0.3) is 16.5 Å². The molecule has 1 saturated heterocycles. The molecule has 5 rings (SSSR count). The van der Waals surface area contributed by atoms with Crippen molar-refractivity contribution in [3.63, 3.8) is 0 Å². The Morgan fingerprint density at radius 3 is 2.24 bits per heavy atom. The Bertz CT molecular complexity index is 1450. The lowest BCUT2D eigenvalue weighted by Gasteiger charge is -2.27. The highest BCUT2D eigenvalue weighted by Gasteiger charge is 2.48. The first-order valence-electron chi connectivity index (χ1n) is 10.6. The number of rotatable bonds is 3. The van der Waals surface area contributed by atoms with Gasteiger partial charge >= 0.3 is 0 Å². The Labute approximate surface area is 190 Å². The van der Waals surface area contributed by atoms with Gasteiger partial charge in [0.05, 0.1) is 17.3 Å². The Morgan fingerprint density at radius 2 is 1.48 bits per heavy atom. The third-order valence-electron chi connectivity index (χ3n) is 6.09. The molecular weight excluding hydrogens is 414 g/mol. The van der Waals surface area contributed by atoms with E-state index >= 15 is 0 Å². The summed E-state index contributed by atoms with van der Waals surface area (Å²) in [4.78, 5) is 27.8. The predicted octanol–water partition coefficient (Wildman–Crippen LogP) is 5.48. The van der Waals surface area contributed by atoms with Gasteiger partial charge in [-0.1, -0.05) is 72.8 Å². The van der Waals surface area contributed by atoms with Crippen LogP contribution in [0.5, 0.6) is 5.75 Å². The maximum Gasteiger partial charge on any atom is 0.300 e. The van der Waals surface area contributed by atoms with Crippen LogP contribution < -0.4 is 4.90 Å². The number of aryl methyl sites for hydroxylation is 1. The highest BCUT2D eigenvalue weighted by Crippen LogP contribution is 2.45. The molecule has 0 spiro atoms. The summed E-state index contributed by atoms with van der Waals surface area (Å²) in [6.07, 6.45) is 0. The molecule has 1 unspecified atom stereocenters. The van der Waals surface area contributed by atoms with E-state index in [1.54, 1.807) is 30.3 Å². The van der Waals surface area contributed by atoms with Gasteiger partial charge in [-0.15, -0.1) is 0 Å². The smallest absolute Gasteiger partial charge is 0.300 e. The fraction of sp³-hybridized carbons (Fsp3) is 0.0714. The second-order valence-corrected chi connectivity index (χ2v) is 8.08. The van der Waals surface area contributed by atoms with E-state index in [-0.39, 0.29) is 22.8 Å². The van der Waals surface area contributed by atoms with Crippen LogP contribution >= 0.6 is 0 Å². The molecule has 1 fully saturated rings. The summed E-state index contributed by atoms with van der Waals surface area (Å²) in [5.41, 5.74) is 2.21. The van der Waals surface area contributed by atoms with Gasteiger partial charge in [0.25, 0.3) is 11.7 Å². The zero-order valence-corrected chi connectivity index (χ0v) is 17.9. The Balaban J connectivity index is 1.77. The molecular formula is C28H21NO4. The summed E-state index contributed by atoms with van der Waals surface area (Å²) in [5, 5.41) is 23.7. The number of Topliss-reactive ketones (excluding diaryl/α,β-unsaturated/α-hetero) is 1. The van der Waals surface area contributed by atoms with Crippen molar-refractivity contribution in [2.45, 2.75) is 13.0 Å². The lowest BCUT2D eigenvalue weighted by Crippen LogP contribution is -2.29. The van der Waals surface area contributed by atoms with Gasteiger partial charge in [0, 0.05) is 5.56 Å². The Hall–Kier alpha value is -4.38. The summed E-state index contributed by atoms with van der Waals surface area (Å²) in [7, 11) is 0. The number of aliphatic hydroxyl groups excluding tert-OH is 1. The molecule has 1 aliphatic heterocycles. The molecule has 2 N–H and O–H groups in total. The van der Waals surface area contributed by atoms with Crippen LogP contribution in [0, 0.1) is 6.92 Å². The molecule has 4 aromatic carbocycles. The van der Waals surface area contributed by atoms with Crippen LogP contribution in [0.2, 0.25) is 0 Å². The predicted molar refractivity (Wildman–Crippen MR) is 128 cm³/mol. The number of carbonyl (C=O) groups is 2. The zero-order valence-electron chi connectivity index (χ0n) is 17.9. The number of nitrogens with zero attached hydrogens (tertiary/aromatic N) is 1. The number of aromatic hydroxyl groups is 1. The standard InChI is InChI=1S/C28H21NO4/c1-17-8-2-5-11-21(17)25-24(26(31)20-15-14-18-9-3-4-10-19(18)16-20)27(32)28(33)29(25)22-12-6-7-13-23(22)30/h2-16,25,30-31H,1H3/b26-24+. The number of phenolic OH excluding ortho intramolecular Hbond substituents is 1. The number of phenols is 1. The molecule has 4 aromatic rings. The highest BCUT2D eigenvalue weighted by molar-refractivity contribution is 6.52. The molecule has 5 heteroatoms. The zero-order chi connectivity index (χ0) is 23.1. The fourth-order valence-corrected chi connectivity index (χ4v) is 4.43. The lowest BCUT2D eigenvalue weighted by molar-refractivity contribution is -0.132. The minimum Gasteiger partial charge on any atom is -0.507 e. The summed E-state index contributed by atoms with van der Waals surface area (Å²) in [6, 6.07) is 26.0. The second-order valence-electron chi connectivity index (χ2n) is 8.08. The molecule has 5 nitrogen and oxygen atoms in total. The first kappa shape index (κ1) is 20.5. The Morgan fingerprint density at radius 1 is 0.818 bits per heavy atom. The van der Waals surface area contributed by atoms with Gasteiger partial charge in [-0.2, -0.15) is 0 Å². The molecule has 0 aliphatic carbocycles. The summed E-state index contributed by atoms with van der Waals surface area (Å²) in [6.45, 7) is 1.89. The molecule has 1 atom stereocenters. The Kier molecular flexibility index (Phi) is 4.94. The molecule has 1 heterocycles. The van der Waals surface area contributed by atoms with Crippen LogP contribution in [-0.4, -0.2) is 21.9 Å². The van der Waals surface area contributed by atoms with Crippen molar-refractivity contribution in [1.29, 1.82) is 0 Å². The number of para-hydroxylation sites is 2. The molecule has 0 saturated carbocycles. The van der Waals surface area contributed by atoms with E-state index in [1.807, 2.05) is 61.5 Å². The van der Waals surface area contributed by atoms with Crippen molar-refractivity contribution in [1.82, 2.24) is 0 Å². The van der Waals surface area contributed by atoms with Crippen LogP contribution in [-0.2, 0) is 9.59 Å². The van der Waals surface area contributed by atoms with Crippen molar-refractivity contribution in [3.8, 4) is 5.75 Å². The topological polar surface area (TPSA) is 77.8 Å². The van der Waals surface area contributed by atoms with Crippen molar-refractivity contribution >= 4 is 33.9 Å².